The Morgan fingerprint density at radius 3 is 2.68 bits per heavy atom. The van der Waals surface area contributed by atoms with Crippen molar-refractivity contribution in [2.75, 3.05) is 14.2 Å². The van der Waals surface area contributed by atoms with Crippen LogP contribution in [0.5, 0.6) is 0 Å². The van der Waals surface area contributed by atoms with Crippen LogP contribution in [0.3, 0.4) is 0 Å². The number of benzene rings is 1. The van der Waals surface area contributed by atoms with Gasteiger partial charge in [-0.05, 0) is 56.0 Å². The molecule has 2 fully saturated rings. The molecule has 2 heterocycles. The van der Waals surface area contributed by atoms with Crippen LogP contribution in [0, 0.1) is 5.82 Å². The van der Waals surface area contributed by atoms with Crippen molar-refractivity contribution in [1.82, 2.24) is 10.4 Å². The van der Waals surface area contributed by atoms with Gasteiger partial charge in [0.25, 0.3) is 0 Å². The van der Waals surface area contributed by atoms with Crippen molar-refractivity contribution in [2.24, 2.45) is 0 Å². The number of hydrogen-bond acceptors (Lipinski definition) is 3. The molecule has 0 spiro atoms. The first-order valence-corrected chi connectivity index (χ1v) is 8.15. The third-order valence-electron chi connectivity index (χ3n) is 5.28. The predicted molar refractivity (Wildman–Crippen MR) is 85.8 cm³/mol. The van der Waals surface area contributed by atoms with E-state index in [1.807, 2.05) is 12.1 Å². The number of hydrogen-bond donors (Lipinski definition) is 1. The fourth-order valence-electron chi connectivity index (χ4n) is 4.18. The zero-order valence-corrected chi connectivity index (χ0v) is 13.6. The number of fused-ring (bicyclic) bond motifs is 2. The minimum Gasteiger partial charge on any atom is -0.297 e. The molecule has 1 unspecified atom stereocenters. The Morgan fingerprint density at radius 1 is 1.32 bits per heavy atom. The summed E-state index contributed by atoms with van der Waals surface area (Å²) in [6.45, 7) is 2.15. The smallest absolute Gasteiger partial charge is 0.123 e. The van der Waals surface area contributed by atoms with E-state index in [1.54, 1.807) is 19.2 Å². The minimum atomic E-state index is -0.170. The zero-order valence-electron chi connectivity index (χ0n) is 13.6. The molecule has 2 aliphatic rings. The lowest BCUT2D eigenvalue weighted by Crippen LogP contribution is -2.42. The fraction of sp³-hybridized carbons (Fsp3) is 0.556. The number of halogens is 1. The molecule has 3 atom stereocenters. The maximum Gasteiger partial charge on any atom is 0.123 e. The van der Waals surface area contributed by atoms with Gasteiger partial charge >= 0.3 is 0 Å². The SMILES string of the molecule is CCC(NOC)=C1[C@H](c2ccc(F)cc2)CC2CC[C@H]1N2C. The lowest BCUT2D eigenvalue weighted by molar-refractivity contribution is 0.110. The first-order chi connectivity index (χ1) is 10.7. The molecule has 0 amide bonds. The highest BCUT2D eigenvalue weighted by Gasteiger charge is 2.43. The highest BCUT2D eigenvalue weighted by molar-refractivity contribution is 5.38. The topological polar surface area (TPSA) is 24.5 Å². The molecule has 2 saturated heterocycles. The third-order valence-corrected chi connectivity index (χ3v) is 5.28. The summed E-state index contributed by atoms with van der Waals surface area (Å²) >= 11 is 0. The van der Waals surface area contributed by atoms with E-state index in [2.05, 4.69) is 24.4 Å². The molecule has 3 nitrogen and oxygen atoms in total. The van der Waals surface area contributed by atoms with E-state index in [0.29, 0.717) is 18.0 Å². The van der Waals surface area contributed by atoms with E-state index in [1.165, 1.54) is 29.7 Å². The Balaban J connectivity index is 2.04. The van der Waals surface area contributed by atoms with E-state index in [-0.39, 0.29) is 5.82 Å². The highest BCUT2D eigenvalue weighted by atomic mass is 19.1. The van der Waals surface area contributed by atoms with Crippen molar-refractivity contribution in [2.45, 2.75) is 50.6 Å². The van der Waals surface area contributed by atoms with Crippen molar-refractivity contribution in [3.05, 3.63) is 46.9 Å². The normalized spacial score (nSPS) is 30.5. The van der Waals surface area contributed by atoms with Gasteiger partial charge in [-0.2, -0.15) is 0 Å². The first kappa shape index (κ1) is 15.5. The molecule has 4 heteroatoms. The fourth-order valence-corrected chi connectivity index (χ4v) is 4.18. The molecule has 1 aromatic rings. The lowest BCUT2D eigenvalue weighted by Gasteiger charge is -2.40. The van der Waals surface area contributed by atoms with E-state index in [4.69, 9.17) is 4.84 Å². The maximum atomic E-state index is 13.3. The number of rotatable bonds is 4. The van der Waals surface area contributed by atoms with Crippen molar-refractivity contribution in [3.8, 4) is 0 Å². The Morgan fingerprint density at radius 2 is 2.05 bits per heavy atom. The van der Waals surface area contributed by atoms with Gasteiger partial charge in [0, 0.05) is 23.7 Å². The molecule has 120 valence electrons. The van der Waals surface area contributed by atoms with Crippen LogP contribution in [0.2, 0.25) is 0 Å². The number of allylic oxidation sites excluding steroid dienone is 1. The molecule has 0 aliphatic carbocycles. The minimum absolute atomic E-state index is 0.170. The van der Waals surface area contributed by atoms with Crippen molar-refractivity contribution >= 4 is 0 Å². The van der Waals surface area contributed by atoms with Gasteiger partial charge < -0.3 is 0 Å². The Bertz CT molecular complexity index is 555. The Labute approximate surface area is 132 Å². The molecule has 1 N–H and O–H groups in total. The van der Waals surface area contributed by atoms with Gasteiger partial charge in [0.05, 0.1) is 7.11 Å². The lowest BCUT2D eigenvalue weighted by atomic mass is 9.79. The Hall–Kier alpha value is -1.39. The van der Waals surface area contributed by atoms with E-state index < -0.39 is 0 Å². The number of nitrogens with one attached hydrogen (secondary N) is 1. The van der Waals surface area contributed by atoms with Crippen LogP contribution in [0.4, 0.5) is 4.39 Å². The summed E-state index contributed by atoms with van der Waals surface area (Å²) in [5, 5.41) is 0. The monoisotopic (exact) mass is 304 g/mol. The number of likely N-dealkylation sites (N-methyl/N-ethyl adjacent to an activating group) is 1. The van der Waals surface area contributed by atoms with Gasteiger partial charge in [0.1, 0.15) is 5.82 Å². The van der Waals surface area contributed by atoms with Crippen LogP contribution in [0.15, 0.2) is 35.5 Å². The molecular weight excluding hydrogens is 279 g/mol. The van der Waals surface area contributed by atoms with Crippen LogP contribution >= 0.6 is 0 Å². The molecule has 2 bridgehead atoms. The van der Waals surface area contributed by atoms with Crippen LogP contribution in [0.25, 0.3) is 0 Å². The van der Waals surface area contributed by atoms with Crippen LogP contribution in [-0.4, -0.2) is 31.1 Å². The zero-order chi connectivity index (χ0) is 15.7. The summed E-state index contributed by atoms with van der Waals surface area (Å²) in [4.78, 5) is 7.71. The van der Waals surface area contributed by atoms with Gasteiger partial charge in [-0.25, -0.2) is 4.39 Å². The summed E-state index contributed by atoms with van der Waals surface area (Å²) in [5.41, 5.74) is 6.91. The number of hydroxylamine groups is 1. The van der Waals surface area contributed by atoms with E-state index in [0.717, 1.165) is 12.8 Å². The summed E-state index contributed by atoms with van der Waals surface area (Å²) in [5.74, 6) is 0.183. The van der Waals surface area contributed by atoms with Crippen molar-refractivity contribution in [1.29, 1.82) is 0 Å². The summed E-state index contributed by atoms with van der Waals surface area (Å²) in [6.07, 6.45) is 4.45. The predicted octanol–water partition coefficient (Wildman–Crippen LogP) is 3.59. The second-order valence-electron chi connectivity index (χ2n) is 6.35. The first-order valence-electron chi connectivity index (χ1n) is 8.15. The number of nitrogens with zero attached hydrogens (tertiary/aromatic N) is 1. The molecule has 0 radical (unpaired) electrons. The standard InChI is InChI=1S/C18H25FN2O/c1-4-16(20-22-3)18-15(12-5-7-13(19)8-6-12)11-14-9-10-17(18)21(14)2/h5-8,14-15,17,20H,4,9-11H2,1-3H3/t14?,15-,17+/m0/s1. The second kappa shape index (κ2) is 6.39. The number of piperidine rings is 1. The molecular formula is C18H25FN2O. The van der Waals surface area contributed by atoms with Gasteiger partial charge in [-0.1, -0.05) is 19.1 Å². The van der Waals surface area contributed by atoms with Crippen molar-refractivity contribution in [3.63, 3.8) is 0 Å². The van der Waals surface area contributed by atoms with Crippen LogP contribution < -0.4 is 5.48 Å². The molecule has 2 aliphatic heterocycles. The second-order valence-corrected chi connectivity index (χ2v) is 6.35. The molecule has 1 aromatic carbocycles. The molecule has 22 heavy (non-hydrogen) atoms. The van der Waals surface area contributed by atoms with Crippen LogP contribution in [0.1, 0.15) is 44.1 Å². The quantitative estimate of drug-likeness (QED) is 0.860. The molecule has 3 rings (SSSR count). The maximum absolute atomic E-state index is 13.3. The molecule has 0 aromatic heterocycles. The molecule has 0 saturated carbocycles. The van der Waals surface area contributed by atoms with Crippen LogP contribution in [-0.2, 0) is 4.84 Å². The highest BCUT2D eigenvalue weighted by Crippen LogP contribution is 2.47. The van der Waals surface area contributed by atoms with Gasteiger partial charge in [0.15, 0.2) is 0 Å². The summed E-state index contributed by atoms with van der Waals surface area (Å²) < 4.78 is 13.3. The van der Waals surface area contributed by atoms with Gasteiger partial charge in [-0.3, -0.25) is 15.2 Å². The summed E-state index contributed by atoms with van der Waals surface area (Å²) in [7, 11) is 3.89. The third kappa shape index (κ3) is 2.66. The summed E-state index contributed by atoms with van der Waals surface area (Å²) in [6, 6.07) is 8.11. The van der Waals surface area contributed by atoms with Gasteiger partial charge in [0.2, 0.25) is 0 Å². The average Bonchev–Trinajstić information content (AvgIpc) is 2.76. The van der Waals surface area contributed by atoms with E-state index in [9.17, 15) is 4.39 Å². The van der Waals surface area contributed by atoms with E-state index >= 15 is 0 Å². The average molecular weight is 304 g/mol. The Kier molecular flexibility index (Phi) is 4.50. The van der Waals surface area contributed by atoms with Crippen molar-refractivity contribution < 1.29 is 9.23 Å². The van der Waals surface area contributed by atoms with Gasteiger partial charge in [-0.15, -0.1) is 0 Å². The largest absolute Gasteiger partial charge is 0.297 e.